The van der Waals surface area contributed by atoms with Crippen molar-refractivity contribution in [1.82, 2.24) is 4.90 Å². The number of hydrogen-bond donors (Lipinski definition) is 1. The molecule has 1 aromatic carbocycles. The SMILES string of the molecule is O=C1COC2CCN(C(=O)[CH]Cc3ccc(O)cc3)C12. The molecule has 2 aliphatic heterocycles. The van der Waals surface area contributed by atoms with Crippen LogP contribution in [-0.2, 0) is 20.7 Å². The maximum absolute atomic E-state index is 12.2. The smallest absolute Gasteiger partial charge is 0.227 e. The van der Waals surface area contributed by atoms with Gasteiger partial charge in [0.1, 0.15) is 18.4 Å². The molecule has 1 radical (unpaired) electrons. The van der Waals surface area contributed by atoms with Gasteiger partial charge in [0.25, 0.3) is 0 Å². The largest absolute Gasteiger partial charge is 0.508 e. The van der Waals surface area contributed by atoms with Crippen LogP contribution in [0.15, 0.2) is 24.3 Å². The number of amides is 1. The van der Waals surface area contributed by atoms with Gasteiger partial charge in [0.15, 0.2) is 5.78 Å². The standard InChI is InChI=1S/C15H16NO4/c17-11-4-1-10(2-5-11)3-6-14(19)16-8-7-13-15(16)12(18)9-20-13/h1-2,4-6,13,15,17H,3,7-9H2. The average Bonchev–Trinajstić information content (AvgIpc) is 3.01. The summed E-state index contributed by atoms with van der Waals surface area (Å²) in [7, 11) is 0. The molecule has 0 bridgehead atoms. The van der Waals surface area contributed by atoms with Gasteiger partial charge in [0.05, 0.1) is 12.5 Å². The number of carbonyl (C=O) groups excluding carboxylic acids is 2. The van der Waals surface area contributed by atoms with Crippen LogP contribution in [0.4, 0.5) is 0 Å². The second-order valence-electron chi connectivity index (χ2n) is 5.16. The Labute approximate surface area is 117 Å². The highest BCUT2D eigenvalue weighted by Gasteiger charge is 2.46. The number of Topliss-reactive ketones (excluding diaryl/α,β-unsaturated/α-hetero) is 1. The summed E-state index contributed by atoms with van der Waals surface area (Å²) < 4.78 is 5.36. The predicted octanol–water partition coefficient (Wildman–Crippen LogP) is 0.708. The quantitative estimate of drug-likeness (QED) is 0.881. The number of ketones is 1. The van der Waals surface area contributed by atoms with Crippen molar-refractivity contribution >= 4 is 11.7 Å². The third kappa shape index (κ3) is 2.41. The zero-order valence-corrected chi connectivity index (χ0v) is 11.0. The predicted molar refractivity (Wildman–Crippen MR) is 71.0 cm³/mol. The van der Waals surface area contributed by atoms with E-state index >= 15 is 0 Å². The summed E-state index contributed by atoms with van der Waals surface area (Å²) in [5, 5.41) is 9.20. The van der Waals surface area contributed by atoms with Gasteiger partial charge < -0.3 is 14.7 Å². The normalized spacial score (nSPS) is 25.0. The molecule has 2 fully saturated rings. The molecule has 0 aromatic heterocycles. The molecule has 1 aromatic rings. The number of carbonyl (C=O) groups is 2. The van der Waals surface area contributed by atoms with E-state index in [1.165, 1.54) is 0 Å². The van der Waals surface area contributed by atoms with Crippen LogP contribution >= 0.6 is 0 Å². The number of nitrogens with zero attached hydrogens (tertiary/aromatic N) is 1. The number of benzene rings is 1. The number of likely N-dealkylation sites (tertiary alicyclic amines) is 1. The fraction of sp³-hybridized carbons (Fsp3) is 0.400. The van der Waals surface area contributed by atoms with Gasteiger partial charge in [-0.05, 0) is 30.5 Å². The second kappa shape index (κ2) is 5.25. The Kier molecular flexibility index (Phi) is 3.44. The lowest BCUT2D eigenvalue weighted by Gasteiger charge is -2.21. The topological polar surface area (TPSA) is 66.8 Å². The molecule has 105 valence electrons. The third-order valence-electron chi connectivity index (χ3n) is 3.84. The highest BCUT2D eigenvalue weighted by atomic mass is 16.5. The number of rotatable bonds is 3. The van der Waals surface area contributed by atoms with E-state index in [4.69, 9.17) is 4.74 Å². The molecule has 2 heterocycles. The molecule has 3 rings (SSSR count). The Balaban J connectivity index is 1.59. The van der Waals surface area contributed by atoms with E-state index in [2.05, 4.69) is 0 Å². The molecule has 2 aliphatic rings. The van der Waals surface area contributed by atoms with Gasteiger partial charge in [-0.2, -0.15) is 0 Å². The van der Waals surface area contributed by atoms with Crippen molar-refractivity contribution in [1.29, 1.82) is 0 Å². The minimum atomic E-state index is -0.390. The molecule has 0 saturated carbocycles. The lowest BCUT2D eigenvalue weighted by atomic mass is 10.1. The van der Waals surface area contributed by atoms with Gasteiger partial charge in [-0.3, -0.25) is 9.59 Å². The molecule has 1 amide bonds. The molecule has 5 heteroatoms. The summed E-state index contributed by atoms with van der Waals surface area (Å²) in [5.74, 6) is 0.0828. The molecule has 20 heavy (non-hydrogen) atoms. The van der Waals surface area contributed by atoms with E-state index in [9.17, 15) is 14.7 Å². The van der Waals surface area contributed by atoms with E-state index < -0.39 is 6.04 Å². The van der Waals surface area contributed by atoms with Crippen LogP contribution < -0.4 is 0 Å². The maximum atomic E-state index is 12.2. The first-order valence-electron chi connectivity index (χ1n) is 6.71. The van der Waals surface area contributed by atoms with Crippen molar-refractivity contribution in [3.05, 3.63) is 36.2 Å². The summed E-state index contributed by atoms with van der Waals surface area (Å²) in [5.41, 5.74) is 0.945. The van der Waals surface area contributed by atoms with Gasteiger partial charge in [-0.25, -0.2) is 0 Å². The number of fused-ring (bicyclic) bond motifs is 1. The van der Waals surface area contributed by atoms with Crippen molar-refractivity contribution in [2.24, 2.45) is 0 Å². The monoisotopic (exact) mass is 274 g/mol. The highest BCUT2D eigenvalue weighted by Crippen LogP contribution is 2.27. The number of phenols is 1. The summed E-state index contributed by atoms with van der Waals surface area (Å²) >= 11 is 0. The fourth-order valence-corrected chi connectivity index (χ4v) is 2.80. The Morgan fingerprint density at radius 1 is 1.40 bits per heavy atom. The summed E-state index contributed by atoms with van der Waals surface area (Å²) in [4.78, 5) is 25.5. The molecule has 2 atom stereocenters. The van der Waals surface area contributed by atoms with Gasteiger partial charge in [0, 0.05) is 6.54 Å². The number of ether oxygens (including phenoxy) is 1. The molecule has 0 aliphatic carbocycles. The molecule has 2 unspecified atom stereocenters. The molecular weight excluding hydrogens is 258 g/mol. The Hall–Kier alpha value is -1.88. The minimum Gasteiger partial charge on any atom is -0.508 e. The second-order valence-corrected chi connectivity index (χ2v) is 5.16. The van der Waals surface area contributed by atoms with Crippen LogP contribution in [0.25, 0.3) is 0 Å². The van der Waals surface area contributed by atoms with Gasteiger partial charge in [0.2, 0.25) is 5.91 Å². The molecular formula is C15H16NO4. The van der Waals surface area contributed by atoms with Gasteiger partial charge >= 0.3 is 0 Å². The molecule has 0 spiro atoms. The highest BCUT2D eigenvalue weighted by molar-refractivity contribution is 5.95. The van der Waals surface area contributed by atoms with Crippen LogP contribution in [0, 0.1) is 6.42 Å². The van der Waals surface area contributed by atoms with Gasteiger partial charge in [-0.1, -0.05) is 12.1 Å². The molecule has 5 nitrogen and oxygen atoms in total. The number of aromatic hydroxyl groups is 1. The molecule has 2 saturated heterocycles. The summed E-state index contributed by atoms with van der Waals surface area (Å²) in [6, 6.07) is 6.34. The molecule has 1 N–H and O–H groups in total. The van der Waals surface area contributed by atoms with Crippen LogP contribution in [0.5, 0.6) is 5.75 Å². The average molecular weight is 274 g/mol. The Bertz CT molecular complexity index is 525. The Morgan fingerprint density at radius 3 is 2.90 bits per heavy atom. The van der Waals surface area contributed by atoms with E-state index in [1.807, 2.05) is 0 Å². The van der Waals surface area contributed by atoms with Crippen LogP contribution in [0.1, 0.15) is 12.0 Å². The minimum absolute atomic E-state index is 0.00103. The van der Waals surface area contributed by atoms with Crippen molar-refractivity contribution < 1.29 is 19.4 Å². The number of phenolic OH excluding ortho intramolecular Hbond substituents is 1. The summed E-state index contributed by atoms with van der Waals surface area (Å²) in [6.07, 6.45) is 2.69. The first-order valence-corrected chi connectivity index (χ1v) is 6.71. The first kappa shape index (κ1) is 13.1. The number of hydrogen-bond acceptors (Lipinski definition) is 4. The van der Waals surface area contributed by atoms with Crippen LogP contribution in [0.2, 0.25) is 0 Å². The van der Waals surface area contributed by atoms with Crippen LogP contribution in [-0.4, -0.2) is 47.0 Å². The van der Waals surface area contributed by atoms with E-state index in [-0.39, 0.29) is 30.2 Å². The zero-order chi connectivity index (χ0) is 14.1. The zero-order valence-electron chi connectivity index (χ0n) is 11.0. The fourth-order valence-electron chi connectivity index (χ4n) is 2.80. The Morgan fingerprint density at radius 2 is 2.15 bits per heavy atom. The summed E-state index contributed by atoms with van der Waals surface area (Å²) in [6.45, 7) is 0.697. The van der Waals surface area contributed by atoms with Crippen molar-refractivity contribution in [3.8, 4) is 5.75 Å². The lowest BCUT2D eigenvalue weighted by molar-refractivity contribution is -0.133. The maximum Gasteiger partial charge on any atom is 0.227 e. The third-order valence-corrected chi connectivity index (χ3v) is 3.84. The van der Waals surface area contributed by atoms with E-state index in [0.717, 1.165) is 12.0 Å². The van der Waals surface area contributed by atoms with Crippen LogP contribution in [0.3, 0.4) is 0 Å². The first-order chi connectivity index (χ1) is 9.65. The van der Waals surface area contributed by atoms with E-state index in [0.29, 0.717) is 13.0 Å². The van der Waals surface area contributed by atoms with E-state index in [1.54, 1.807) is 35.6 Å². The van der Waals surface area contributed by atoms with Gasteiger partial charge in [-0.15, -0.1) is 0 Å². The van der Waals surface area contributed by atoms with Crippen molar-refractivity contribution in [2.75, 3.05) is 13.2 Å². The van der Waals surface area contributed by atoms with Crippen molar-refractivity contribution in [3.63, 3.8) is 0 Å². The van der Waals surface area contributed by atoms with Crippen molar-refractivity contribution in [2.45, 2.75) is 25.0 Å². The lowest BCUT2D eigenvalue weighted by Crippen LogP contribution is -2.42.